The average Bonchev–Trinajstić information content (AvgIpc) is 3.24. The van der Waals surface area contributed by atoms with Gasteiger partial charge in [-0.1, -0.05) is 24.3 Å². The molecule has 2 atom stereocenters. The number of amides is 1. The third-order valence-electron chi connectivity index (χ3n) is 6.15. The lowest BCUT2D eigenvalue weighted by Crippen LogP contribution is -2.38. The summed E-state index contributed by atoms with van der Waals surface area (Å²) < 4.78 is 27.6. The molecule has 2 heterocycles. The van der Waals surface area contributed by atoms with E-state index in [-0.39, 0.29) is 22.9 Å². The number of nitrogens with one attached hydrogen (secondary N) is 1. The van der Waals surface area contributed by atoms with Crippen LogP contribution in [-0.2, 0) is 20.4 Å². The normalized spacial score (nSPS) is 21.7. The predicted octanol–water partition coefficient (Wildman–Crippen LogP) is 2.45. The van der Waals surface area contributed by atoms with Gasteiger partial charge in [0.2, 0.25) is 15.9 Å². The minimum atomic E-state index is -3.76. The quantitative estimate of drug-likeness (QED) is 0.580. The second-order valence-corrected chi connectivity index (χ2v) is 10.7. The van der Waals surface area contributed by atoms with Gasteiger partial charge in [0.1, 0.15) is 11.5 Å². The van der Waals surface area contributed by atoms with Crippen LogP contribution in [0.1, 0.15) is 23.5 Å². The first kappa shape index (κ1) is 23.3. The minimum absolute atomic E-state index is 0.0902. The Bertz CT molecular complexity index is 1250. The van der Waals surface area contributed by atoms with Crippen LogP contribution in [0.2, 0.25) is 0 Å². The fourth-order valence-electron chi connectivity index (χ4n) is 4.32. The number of anilines is 1. The Kier molecular flexibility index (Phi) is 6.00. The fraction of sp³-hybridized carbons (Fsp3) is 0.333. The van der Waals surface area contributed by atoms with E-state index in [0.717, 1.165) is 0 Å². The number of benzene rings is 2. The van der Waals surface area contributed by atoms with Crippen molar-refractivity contribution in [2.75, 3.05) is 39.5 Å². The molecule has 2 N–H and O–H groups in total. The van der Waals surface area contributed by atoms with Gasteiger partial charge < -0.3 is 15.3 Å². The highest BCUT2D eigenvalue weighted by molar-refractivity contribution is 7.89. The SMILES string of the molecule is C=CCC1(O)C(C2C(=O)Nc3ccc(S(=O)(=O)N(C)CCN(C)C)cc32)=Nc2ccccc21. The summed E-state index contributed by atoms with van der Waals surface area (Å²) >= 11 is 0. The molecule has 2 aromatic carbocycles. The van der Waals surface area contributed by atoms with E-state index in [4.69, 9.17) is 0 Å². The van der Waals surface area contributed by atoms with E-state index in [2.05, 4.69) is 16.9 Å². The monoisotopic (exact) mass is 468 g/mol. The number of aliphatic hydroxyl groups is 1. The molecule has 9 heteroatoms. The first-order valence-electron chi connectivity index (χ1n) is 10.7. The number of fused-ring (bicyclic) bond motifs is 2. The van der Waals surface area contributed by atoms with Gasteiger partial charge in [0, 0.05) is 37.8 Å². The second kappa shape index (κ2) is 8.49. The van der Waals surface area contributed by atoms with Crippen molar-refractivity contribution in [1.29, 1.82) is 0 Å². The fourth-order valence-corrected chi connectivity index (χ4v) is 5.52. The van der Waals surface area contributed by atoms with E-state index in [0.29, 0.717) is 35.6 Å². The summed E-state index contributed by atoms with van der Waals surface area (Å²) in [5.41, 5.74) is 0.962. The summed E-state index contributed by atoms with van der Waals surface area (Å²) in [6.45, 7) is 4.66. The van der Waals surface area contributed by atoms with Gasteiger partial charge in [-0.05, 0) is 43.9 Å². The van der Waals surface area contributed by atoms with E-state index in [1.165, 1.54) is 23.5 Å². The molecule has 0 aliphatic carbocycles. The number of aliphatic imine (C=N–C) groups is 1. The van der Waals surface area contributed by atoms with Crippen molar-refractivity contribution in [2.24, 2.45) is 4.99 Å². The summed E-state index contributed by atoms with van der Waals surface area (Å²) in [4.78, 5) is 19.7. The Morgan fingerprint density at radius 3 is 2.61 bits per heavy atom. The molecule has 2 aliphatic rings. The topological polar surface area (TPSA) is 102 Å². The molecule has 4 rings (SSSR count). The van der Waals surface area contributed by atoms with Crippen LogP contribution in [0.25, 0.3) is 0 Å². The lowest BCUT2D eigenvalue weighted by molar-refractivity contribution is -0.116. The Labute approximate surface area is 194 Å². The molecule has 0 spiro atoms. The Morgan fingerprint density at radius 2 is 1.91 bits per heavy atom. The van der Waals surface area contributed by atoms with Crippen molar-refractivity contribution in [1.82, 2.24) is 9.21 Å². The molecule has 8 nitrogen and oxygen atoms in total. The standard InChI is InChI=1S/C24H28N4O4S/c1-5-12-24(30)18-8-6-7-9-20(18)25-22(24)21-17-15-16(10-11-19(17)26-23(21)29)33(31,32)28(4)14-13-27(2)3/h5-11,15,21,30H,1,12-14H2,2-4H3,(H,26,29). The zero-order valence-corrected chi connectivity index (χ0v) is 19.8. The van der Waals surface area contributed by atoms with E-state index in [1.807, 2.05) is 31.1 Å². The maximum Gasteiger partial charge on any atom is 0.242 e. The number of nitrogens with zero attached hydrogens (tertiary/aromatic N) is 3. The van der Waals surface area contributed by atoms with E-state index in [1.54, 1.807) is 24.3 Å². The van der Waals surface area contributed by atoms with Gasteiger partial charge in [0.05, 0.1) is 16.3 Å². The van der Waals surface area contributed by atoms with Crippen molar-refractivity contribution in [2.45, 2.75) is 22.8 Å². The van der Waals surface area contributed by atoms with Gasteiger partial charge in [-0.3, -0.25) is 9.79 Å². The highest BCUT2D eigenvalue weighted by atomic mass is 32.2. The molecule has 174 valence electrons. The molecular formula is C24H28N4O4S. The van der Waals surface area contributed by atoms with E-state index in [9.17, 15) is 18.3 Å². The molecule has 33 heavy (non-hydrogen) atoms. The van der Waals surface area contributed by atoms with Crippen molar-refractivity contribution in [3.63, 3.8) is 0 Å². The molecule has 0 aromatic heterocycles. The van der Waals surface area contributed by atoms with E-state index >= 15 is 0 Å². The van der Waals surface area contributed by atoms with Crippen molar-refractivity contribution < 1.29 is 18.3 Å². The molecule has 1 amide bonds. The van der Waals surface area contributed by atoms with Gasteiger partial charge in [-0.2, -0.15) is 4.31 Å². The van der Waals surface area contributed by atoms with Crippen LogP contribution < -0.4 is 5.32 Å². The van der Waals surface area contributed by atoms with Crippen LogP contribution in [0, 0.1) is 0 Å². The lowest BCUT2D eigenvalue weighted by Gasteiger charge is -2.27. The zero-order valence-electron chi connectivity index (χ0n) is 18.9. The summed E-state index contributed by atoms with van der Waals surface area (Å²) in [5.74, 6) is -1.27. The van der Waals surface area contributed by atoms with Gasteiger partial charge in [-0.25, -0.2) is 8.42 Å². The maximum atomic E-state index is 13.2. The van der Waals surface area contributed by atoms with E-state index < -0.39 is 21.5 Å². The van der Waals surface area contributed by atoms with Crippen LogP contribution in [0.5, 0.6) is 0 Å². The summed E-state index contributed by atoms with van der Waals surface area (Å²) in [5, 5.41) is 14.4. The number of hydrogen-bond acceptors (Lipinski definition) is 6. The largest absolute Gasteiger partial charge is 0.379 e. The van der Waals surface area contributed by atoms with Gasteiger partial charge in [0.25, 0.3) is 0 Å². The number of para-hydroxylation sites is 1. The number of rotatable bonds is 8. The summed E-state index contributed by atoms with van der Waals surface area (Å²) in [6, 6.07) is 11.8. The Morgan fingerprint density at radius 1 is 1.18 bits per heavy atom. The predicted molar refractivity (Wildman–Crippen MR) is 128 cm³/mol. The molecule has 0 saturated carbocycles. The molecule has 2 unspecified atom stereocenters. The molecular weight excluding hydrogens is 440 g/mol. The average molecular weight is 469 g/mol. The molecule has 2 aromatic rings. The number of hydrogen-bond donors (Lipinski definition) is 2. The van der Waals surface area contributed by atoms with Crippen LogP contribution in [0.3, 0.4) is 0 Å². The highest BCUT2D eigenvalue weighted by Gasteiger charge is 2.49. The van der Waals surface area contributed by atoms with Crippen LogP contribution >= 0.6 is 0 Å². The number of carbonyl (C=O) groups excluding carboxylic acids is 1. The van der Waals surface area contributed by atoms with Crippen molar-refractivity contribution in [3.8, 4) is 0 Å². The van der Waals surface area contributed by atoms with Crippen LogP contribution in [0.4, 0.5) is 11.4 Å². The first-order chi connectivity index (χ1) is 15.6. The zero-order chi connectivity index (χ0) is 24.0. The third-order valence-corrected chi connectivity index (χ3v) is 8.00. The second-order valence-electron chi connectivity index (χ2n) is 8.67. The van der Waals surface area contributed by atoms with Crippen molar-refractivity contribution in [3.05, 3.63) is 66.2 Å². The smallest absolute Gasteiger partial charge is 0.242 e. The number of sulfonamides is 1. The van der Waals surface area contributed by atoms with Gasteiger partial charge in [-0.15, -0.1) is 6.58 Å². The number of likely N-dealkylation sites (N-methyl/N-ethyl adjacent to an activating group) is 2. The molecule has 0 bridgehead atoms. The molecule has 2 aliphatic heterocycles. The molecule has 0 radical (unpaired) electrons. The molecule has 0 fully saturated rings. The summed E-state index contributed by atoms with van der Waals surface area (Å²) in [6.07, 6.45) is 1.76. The first-order valence-corrected chi connectivity index (χ1v) is 12.1. The molecule has 0 saturated heterocycles. The minimum Gasteiger partial charge on any atom is -0.379 e. The van der Waals surface area contributed by atoms with Gasteiger partial charge >= 0.3 is 0 Å². The maximum absolute atomic E-state index is 13.2. The van der Waals surface area contributed by atoms with Crippen molar-refractivity contribution >= 4 is 33.0 Å². The Balaban J connectivity index is 1.76. The highest BCUT2D eigenvalue weighted by Crippen LogP contribution is 2.48. The summed E-state index contributed by atoms with van der Waals surface area (Å²) in [7, 11) is 1.53. The Hall–Kier alpha value is -2.85. The van der Waals surface area contributed by atoms with Crippen LogP contribution in [0.15, 0.2) is 65.0 Å². The van der Waals surface area contributed by atoms with Crippen LogP contribution in [-0.4, -0.2) is 68.6 Å². The van der Waals surface area contributed by atoms with Gasteiger partial charge in [0.15, 0.2) is 0 Å². The number of carbonyl (C=O) groups is 1. The third kappa shape index (κ3) is 3.91. The lowest BCUT2D eigenvalue weighted by atomic mass is 9.79.